The van der Waals surface area contributed by atoms with Crippen LogP contribution >= 0.6 is 0 Å². The Labute approximate surface area is 105 Å². The molecule has 1 saturated heterocycles. The number of hydrogen-bond donors (Lipinski definition) is 1. The molecule has 0 radical (unpaired) electrons. The minimum atomic E-state index is 0.384. The van der Waals surface area contributed by atoms with E-state index in [-0.39, 0.29) is 0 Å². The summed E-state index contributed by atoms with van der Waals surface area (Å²) in [6.07, 6.45) is 2.32. The summed E-state index contributed by atoms with van der Waals surface area (Å²) in [5.41, 5.74) is 8.77. The van der Waals surface area contributed by atoms with Crippen molar-refractivity contribution in [1.29, 1.82) is 0 Å². The van der Waals surface area contributed by atoms with E-state index in [2.05, 4.69) is 43.0 Å². The molecule has 0 unspecified atom stereocenters. The fraction of sp³-hybridized carbons (Fsp3) is 0.600. The third kappa shape index (κ3) is 3.83. The highest BCUT2D eigenvalue weighted by Crippen LogP contribution is 2.14. The fourth-order valence-electron chi connectivity index (χ4n) is 2.52. The second kappa shape index (κ2) is 5.65. The quantitative estimate of drug-likeness (QED) is 0.864. The van der Waals surface area contributed by atoms with Gasteiger partial charge in [0.25, 0.3) is 0 Å². The molecule has 0 aromatic heterocycles. The number of nitrogens with zero attached hydrogens (tertiary/aromatic N) is 1. The van der Waals surface area contributed by atoms with E-state index in [4.69, 9.17) is 5.73 Å². The predicted octanol–water partition coefficient (Wildman–Crippen LogP) is 2.42. The van der Waals surface area contributed by atoms with Gasteiger partial charge in [-0.3, -0.25) is 4.90 Å². The zero-order valence-corrected chi connectivity index (χ0v) is 11.0. The van der Waals surface area contributed by atoms with Crippen LogP contribution < -0.4 is 5.73 Å². The van der Waals surface area contributed by atoms with Gasteiger partial charge in [0, 0.05) is 25.7 Å². The summed E-state index contributed by atoms with van der Waals surface area (Å²) >= 11 is 0. The van der Waals surface area contributed by atoms with Gasteiger partial charge in [-0.15, -0.1) is 0 Å². The van der Waals surface area contributed by atoms with E-state index in [0.29, 0.717) is 6.04 Å². The topological polar surface area (TPSA) is 29.3 Å². The fourth-order valence-corrected chi connectivity index (χ4v) is 2.52. The first-order chi connectivity index (χ1) is 8.13. The Balaban J connectivity index is 1.89. The molecular weight excluding hydrogens is 208 g/mol. The van der Waals surface area contributed by atoms with Crippen LogP contribution in [0.25, 0.3) is 0 Å². The highest BCUT2D eigenvalue weighted by atomic mass is 15.2. The SMILES string of the molecule is CC(C)Cc1ccc(CN2CC[C@@H](N)C2)cc1. The minimum absolute atomic E-state index is 0.384. The smallest absolute Gasteiger partial charge is 0.0234 e. The van der Waals surface area contributed by atoms with Crippen molar-refractivity contribution in [1.82, 2.24) is 4.90 Å². The highest BCUT2D eigenvalue weighted by molar-refractivity contribution is 5.23. The van der Waals surface area contributed by atoms with Gasteiger partial charge in [0.15, 0.2) is 0 Å². The summed E-state index contributed by atoms with van der Waals surface area (Å²) in [7, 11) is 0. The first-order valence-corrected chi connectivity index (χ1v) is 6.69. The largest absolute Gasteiger partial charge is 0.326 e. The molecule has 0 bridgehead atoms. The molecule has 2 nitrogen and oxygen atoms in total. The molecule has 1 aliphatic rings. The van der Waals surface area contributed by atoms with Gasteiger partial charge in [-0.25, -0.2) is 0 Å². The van der Waals surface area contributed by atoms with Crippen molar-refractivity contribution in [3.05, 3.63) is 35.4 Å². The Morgan fingerprint density at radius 2 is 1.88 bits per heavy atom. The van der Waals surface area contributed by atoms with Gasteiger partial charge in [-0.2, -0.15) is 0 Å². The van der Waals surface area contributed by atoms with E-state index in [9.17, 15) is 0 Å². The van der Waals surface area contributed by atoms with Crippen LogP contribution in [0.3, 0.4) is 0 Å². The van der Waals surface area contributed by atoms with E-state index < -0.39 is 0 Å². The molecule has 1 aromatic carbocycles. The Morgan fingerprint density at radius 1 is 1.24 bits per heavy atom. The van der Waals surface area contributed by atoms with Crippen LogP contribution in [-0.4, -0.2) is 24.0 Å². The molecule has 0 aliphatic carbocycles. The highest BCUT2D eigenvalue weighted by Gasteiger charge is 2.18. The maximum Gasteiger partial charge on any atom is 0.0234 e. The van der Waals surface area contributed by atoms with E-state index in [1.165, 1.54) is 17.5 Å². The number of rotatable bonds is 4. The Kier molecular flexibility index (Phi) is 4.19. The molecule has 2 N–H and O–H groups in total. The Bertz CT molecular complexity index is 342. The zero-order valence-electron chi connectivity index (χ0n) is 11.0. The van der Waals surface area contributed by atoms with Gasteiger partial charge < -0.3 is 5.73 Å². The lowest BCUT2D eigenvalue weighted by molar-refractivity contribution is 0.327. The van der Waals surface area contributed by atoms with E-state index in [1.54, 1.807) is 0 Å². The summed E-state index contributed by atoms with van der Waals surface area (Å²) in [5, 5.41) is 0. The first kappa shape index (κ1) is 12.6. The van der Waals surface area contributed by atoms with Crippen molar-refractivity contribution < 1.29 is 0 Å². The third-order valence-corrected chi connectivity index (χ3v) is 3.38. The molecule has 1 aliphatic heterocycles. The van der Waals surface area contributed by atoms with Crippen molar-refractivity contribution in [3.63, 3.8) is 0 Å². The standard InChI is InChI=1S/C15H24N2/c1-12(2)9-13-3-5-14(6-4-13)10-17-8-7-15(16)11-17/h3-6,12,15H,7-11,16H2,1-2H3/t15-/m1/s1. The summed E-state index contributed by atoms with van der Waals surface area (Å²) < 4.78 is 0. The van der Waals surface area contributed by atoms with E-state index in [0.717, 1.165) is 32.0 Å². The second-order valence-electron chi connectivity index (χ2n) is 5.70. The molecule has 0 saturated carbocycles. The minimum Gasteiger partial charge on any atom is -0.326 e. The van der Waals surface area contributed by atoms with Gasteiger partial charge in [-0.05, 0) is 29.9 Å². The van der Waals surface area contributed by atoms with Crippen molar-refractivity contribution >= 4 is 0 Å². The molecular formula is C15H24N2. The molecule has 1 heterocycles. The van der Waals surface area contributed by atoms with Crippen LogP contribution in [0.4, 0.5) is 0 Å². The molecule has 2 rings (SSSR count). The number of likely N-dealkylation sites (tertiary alicyclic amines) is 1. The van der Waals surface area contributed by atoms with Gasteiger partial charge >= 0.3 is 0 Å². The van der Waals surface area contributed by atoms with Crippen molar-refractivity contribution in [2.24, 2.45) is 11.7 Å². The van der Waals surface area contributed by atoms with Crippen LogP contribution in [0.2, 0.25) is 0 Å². The average molecular weight is 232 g/mol. The van der Waals surface area contributed by atoms with Crippen LogP contribution in [0.5, 0.6) is 0 Å². The van der Waals surface area contributed by atoms with Crippen LogP contribution in [0, 0.1) is 5.92 Å². The van der Waals surface area contributed by atoms with Crippen LogP contribution in [0.1, 0.15) is 31.4 Å². The maximum atomic E-state index is 5.92. The normalized spacial score (nSPS) is 21.3. The molecule has 17 heavy (non-hydrogen) atoms. The number of benzene rings is 1. The van der Waals surface area contributed by atoms with Gasteiger partial charge in [0.05, 0.1) is 0 Å². The van der Waals surface area contributed by atoms with Crippen LogP contribution in [-0.2, 0) is 13.0 Å². The molecule has 94 valence electrons. The average Bonchev–Trinajstić information content (AvgIpc) is 2.66. The van der Waals surface area contributed by atoms with Gasteiger partial charge in [0.2, 0.25) is 0 Å². The summed E-state index contributed by atoms with van der Waals surface area (Å²) in [4.78, 5) is 2.45. The zero-order chi connectivity index (χ0) is 12.3. The molecule has 1 fully saturated rings. The molecule has 1 aromatic rings. The third-order valence-electron chi connectivity index (χ3n) is 3.38. The van der Waals surface area contributed by atoms with Gasteiger partial charge in [-0.1, -0.05) is 38.1 Å². The van der Waals surface area contributed by atoms with Crippen molar-refractivity contribution in [2.75, 3.05) is 13.1 Å². The predicted molar refractivity (Wildman–Crippen MR) is 72.9 cm³/mol. The summed E-state index contributed by atoms with van der Waals surface area (Å²) in [6, 6.07) is 9.45. The number of hydrogen-bond acceptors (Lipinski definition) is 2. The molecule has 2 heteroatoms. The Morgan fingerprint density at radius 3 is 2.41 bits per heavy atom. The summed E-state index contributed by atoms with van der Waals surface area (Å²) in [6.45, 7) is 7.78. The molecule has 1 atom stereocenters. The van der Waals surface area contributed by atoms with E-state index >= 15 is 0 Å². The second-order valence-corrected chi connectivity index (χ2v) is 5.70. The lowest BCUT2D eigenvalue weighted by Crippen LogP contribution is -2.26. The van der Waals surface area contributed by atoms with E-state index in [1.807, 2.05) is 0 Å². The summed E-state index contributed by atoms with van der Waals surface area (Å²) in [5.74, 6) is 0.734. The van der Waals surface area contributed by atoms with Crippen molar-refractivity contribution in [2.45, 2.75) is 39.3 Å². The lowest BCUT2D eigenvalue weighted by atomic mass is 10.0. The molecule has 0 spiro atoms. The maximum absolute atomic E-state index is 5.92. The monoisotopic (exact) mass is 232 g/mol. The molecule has 0 amide bonds. The van der Waals surface area contributed by atoms with Crippen molar-refractivity contribution in [3.8, 4) is 0 Å². The van der Waals surface area contributed by atoms with Crippen LogP contribution in [0.15, 0.2) is 24.3 Å². The van der Waals surface area contributed by atoms with Gasteiger partial charge in [0.1, 0.15) is 0 Å². The number of nitrogens with two attached hydrogens (primary N) is 1. The lowest BCUT2D eigenvalue weighted by Gasteiger charge is -2.15. The first-order valence-electron chi connectivity index (χ1n) is 6.69. The Hall–Kier alpha value is -0.860.